The number of H-pyrrole nitrogens is 1. The molecule has 19 heavy (non-hydrogen) atoms. The fourth-order valence-corrected chi connectivity index (χ4v) is 1.83. The van der Waals surface area contributed by atoms with Gasteiger partial charge in [-0.15, -0.1) is 11.6 Å². The van der Waals surface area contributed by atoms with Crippen LogP contribution in [0.1, 0.15) is 6.30 Å². The molecule has 0 aliphatic heterocycles. The van der Waals surface area contributed by atoms with Gasteiger partial charge in [-0.05, 0) is 0 Å². The number of nitrogens with one attached hydrogen (secondary N) is 1. The van der Waals surface area contributed by atoms with Crippen molar-refractivity contribution in [1.29, 1.82) is 0 Å². The molecule has 3 atom stereocenters. The van der Waals surface area contributed by atoms with Gasteiger partial charge < -0.3 is 14.9 Å². The first-order valence-corrected chi connectivity index (χ1v) is 5.81. The summed E-state index contributed by atoms with van der Waals surface area (Å²) < 4.78 is 19.4. The Labute approximate surface area is 112 Å². The van der Waals surface area contributed by atoms with E-state index in [0.29, 0.717) is 4.57 Å². The van der Waals surface area contributed by atoms with Crippen molar-refractivity contribution < 1.29 is 19.3 Å². The fraction of sp³-hybridized carbons (Fsp3) is 0.600. The highest BCUT2D eigenvalue weighted by Crippen LogP contribution is 2.26. The first-order valence-electron chi connectivity index (χ1n) is 5.27. The Morgan fingerprint density at radius 1 is 1.63 bits per heavy atom. The van der Waals surface area contributed by atoms with Crippen LogP contribution < -0.4 is 11.2 Å². The normalized spacial score (nSPS) is 17.7. The number of alkyl halides is 2. The number of aliphatic hydroxyl groups excluding tert-OH is 2. The summed E-state index contributed by atoms with van der Waals surface area (Å²) in [4.78, 5) is 24.1. The second-order valence-electron chi connectivity index (χ2n) is 3.90. The molecule has 0 radical (unpaired) electrons. The third-order valence-electron chi connectivity index (χ3n) is 2.82. The third-order valence-corrected chi connectivity index (χ3v) is 3.27. The number of aliphatic hydroxyl groups is 2. The quantitative estimate of drug-likeness (QED) is 0.583. The van der Waals surface area contributed by atoms with E-state index in [0.717, 1.165) is 19.4 Å². The zero-order valence-electron chi connectivity index (χ0n) is 10.0. The van der Waals surface area contributed by atoms with Gasteiger partial charge in [0.15, 0.2) is 0 Å². The first kappa shape index (κ1) is 15.8. The van der Waals surface area contributed by atoms with E-state index < -0.39 is 35.9 Å². The average molecular weight is 297 g/mol. The van der Waals surface area contributed by atoms with Crippen molar-refractivity contribution in [2.75, 3.05) is 19.6 Å². The lowest BCUT2D eigenvalue weighted by atomic mass is 9.98. The molecule has 0 spiro atoms. The second-order valence-corrected chi connectivity index (χ2v) is 4.16. The molecular weight excluding hydrogens is 283 g/mol. The summed E-state index contributed by atoms with van der Waals surface area (Å²) in [5, 5.41) is 19.1. The molecule has 0 saturated carbocycles. The fourth-order valence-electron chi connectivity index (χ4n) is 1.48. The van der Waals surface area contributed by atoms with Crippen molar-refractivity contribution in [1.82, 2.24) is 9.55 Å². The van der Waals surface area contributed by atoms with E-state index >= 15 is 0 Å². The molecule has 0 aromatic carbocycles. The number of methoxy groups -OCH3 is 1. The van der Waals surface area contributed by atoms with E-state index in [1.165, 1.54) is 0 Å². The molecule has 1 aromatic heterocycles. The molecule has 0 bridgehead atoms. The Hall–Kier alpha value is -1.22. The lowest BCUT2D eigenvalue weighted by Crippen LogP contribution is -2.53. The summed E-state index contributed by atoms with van der Waals surface area (Å²) in [6, 6.07) is 0.925. The first-order chi connectivity index (χ1) is 8.91. The molecule has 1 rings (SSSR count). The molecule has 108 valence electrons. The van der Waals surface area contributed by atoms with Crippen molar-refractivity contribution in [3.05, 3.63) is 33.1 Å². The molecule has 0 amide bonds. The molecule has 3 N–H and O–H groups in total. The van der Waals surface area contributed by atoms with Crippen LogP contribution in [0.15, 0.2) is 21.9 Å². The number of rotatable bonds is 6. The van der Waals surface area contributed by atoms with Crippen LogP contribution in [0.4, 0.5) is 4.39 Å². The topological polar surface area (TPSA) is 105 Å². The van der Waals surface area contributed by atoms with Crippen LogP contribution in [-0.2, 0) is 4.74 Å². The summed E-state index contributed by atoms with van der Waals surface area (Å²) in [6.07, 6.45) is -3.25. The van der Waals surface area contributed by atoms with Crippen molar-refractivity contribution >= 4 is 11.6 Å². The Morgan fingerprint density at radius 2 is 2.26 bits per heavy atom. The average Bonchev–Trinajstić information content (AvgIpc) is 2.40. The van der Waals surface area contributed by atoms with Gasteiger partial charge in [0.05, 0.1) is 12.5 Å². The number of aromatic nitrogens is 2. The van der Waals surface area contributed by atoms with Crippen LogP contribution in [0, 0.1) is 0 Å². The van der Waals surface area contributed by atoms with Gasteiger partial charge in [-0.3, -0.25) is 14.3 Å². The van der Waals surface area contributed by atoms with Crippen LogP contribution >= 0.6 is 11.6 Å². The number of nitrogens with zero attached hydrogens (tertiary/aromatic N) is 1. The minimum atomic E-state index is -2.24. The Morgan fingerprint density at radius 3 is 2.68 bits per heavy atom. The van der Waals surface area contributed by atoms with Gasteiger partial charge in [-0.25, -0.2) is 9.18 Å². The lowest BCUT2D eigenvalue weighted by Gasteiger charge is -2.34. The van der Waals surface area contributed by atoms with Crippen molar-refractivity contribution in [3.8, 4) is 0 Å². The predicted octanol–water partition coefficient (Wildman–Crippen LogP) is -1.02. The smallest absolute Gasteiger partial charge is 0.330 e. The zero-order valence-corrected chi connectivity index (χ0v) is 10.8. The van der Waals surface area contributed by atoms with Crippen LogP contribution in [-0.4, -0.2) is 51.1 Å². The van der Waals surface area contributed by atoms with E-state index in [4.69, 9.17) is 16.3 Å². The van der Waals surface area contributed by atoms with Crippen molar-refractivity contribution in [3.63, 3.8) is 0 Å². The molecule has 1 aromatic rings. The van der Waals surface area contributed by atoms with Crippen LogP contribution in [0.25, 0.3) is 0 Å². The summed E-state index contributed by atoms with van der Waals surface area (Å²) in [5.74, 6) is -0.389. The largest absolute Gasteiger partial charge is 0.393 e. The monoisotopic (exact) mass is 296 g/mol. The van der Waals surface area contributed by atoms with E-state index in [2.05, 4.69) is 0 Å². The molecule has 9 heteroatoms. The number of hydrogen-bond donors (Lipinski definition) is 3. The van der Waals surface area contributed by atoms with Gasteiger partial charge in [-0.2, -0.15) is 0 Å². The summed E-state index contributed by atoms with van der Waals surface area (Å²) in [7, 11) is 1.14. The van der Waals surface area contributed by atoms with Gasteiger partial charge in [0, 0.05) is 19.4 Å². The highest BCUT2D eigenvalue weighted by atomic mass is 35.5. The maximum Gasteiger partial charge on any atom is 0.330 e. The van der Waals surface area contributed by atoms with Crippen LogP contribution in [0.5, 0.6) is 0 Å². The van der Waals surface area contributed by atoms with Crippen LogP contribution in [0.3, 0.4) is 0 Å². The SMILES string of the molecule is CO[C@@](CO)(CCl)[C@@H](O)[C@@H](F)n1ccc(=O)[nH]c1=O. The highest BCUT2D eigenvalue weighted by molar-refractivity contribution is 6.18. The number of halogens is 2. The molecule has 7 nitrogen and oxygen atoms in total. The Kier molecular flexibility index (Phi) is 5.24. The van der Waals surface area contributed by atoms with Crippen LogP contribution in [0.2, 0.25) is 0 Å². The lowest BCUT2D eigenvalue weighted by molar-refractivity contribution is -0.151. The number of hydrogen-bond acceptors (Lipinski definition) is 5. The molecule has 0 aliphatic carbocycles. The maximum absolute atomic E-state index is 14.1. The van der Waals surface area contributed by atoms with E-state index in [1.54, 1.807) is 0 Å². The molecule has 0 saturated heterocycles. The van der Waals surface area contributed by atoms with E-state index in [-0.39, 0.29) is 5.88 Å². The van der Waals surface area contributed by atoms with Gasteiger partial charge in [0.25, 0.3) is 5.56 Å². The standard InChI is InChI=1S/C10H14ClFN2O5/c1-19-10(4-11,5-15)7(17)8(12)14-3-2-6(16)13-9(14)18/h2-3,7-8,15,17H,4-5H2,1H3,(H,13,16,18)/t7-,8-,10+/m0/s1. The van der Waals surface area contributed by atoms with Crippen molar-refractivity contribution in [2.45, 2.75) is 18.0 Å². The third kappa shape index (κ3) is 3.03. The van der Waals surface area contributed by atoms with Crippen molar-refractivity contribution in [2.24, 2.45) is 0 Å². The second kappa shape index (κ2) is 6.29. The summed E-state index contributed by atoms with van der Waals surface area (Å²) in [5.41, 5.74) is -3.48. The van der Waals surface area contributed by atoms with E-state index in [9.17, 15) is 24.2 Å². The Balaban J connectivity index is 3.14. The van der Waals surface area contributed by atoms with E-state index in [1.807, 2.05) is 4.98 Å². The predicted molar refractivity (Wildman–Crippen MR) is 65.0 cm³/mol. The number of ether oxygens (including phenoxy) is 1. The summed E-state index contributed by atoms with van der Waals surface area (Å²) >= 11 is 5.56. The molecule has 1 heterocycles. The minimum absolute atomic E-state index is 0.389. The highest BCUT2D eigenvalue weighted by Gasteiger charge is 2.43. The molecular formula is C10H14ClFN2O5. The van der Waals surface area contributed by atoms with Gasteiger partial charge >= 0.3 is 5.69 Å². The van der Waals surface area contributed by atoms with Gasteiger partial charge in [0.2, 0.25) is 6.30 Å². The number of aromatic amines is 1. The molecule has 0 aliphatic rings. The molecule has 0 unspecified atom stereocenters. The maximum atomic E-state index is 14.1. The molecule has 0 fully saturated rings. The summed E-state index contributed by atoms with van der Waals surface area (Å²) in [6.45, 7) is -0.743. The zero-order chi connectivity index (χ0) is 14.6. The van der Waals surface area contributed by atoms with Gasteiger partial charge in [-0.1, -0.05) is 0 Å². The van der Waals surface area contributed by atoms with Gasteiger partial charge in [0.1, 0.15) is 11.7 Å². The Bertz CT molecular complexity index is 519. The minimum Gasteiger partial charge on any atom is -0.393 e.